The van der Waals surface area contributed by atoms with Crippen LogP contribution in [0.2, 0.25) is 0 Å². The molecule has 0 spiro atoms. The second kappa shape index (κ2) is 3.61. The highest BCUT2D eigenvalue weighted by Crippen LogP contribution is 2.16. The van der Waals surface area contributed by atoms with E-state index < -0.39 is 23.0 Å². The molecule has 0 amide bonds. The maximum absolute atomic E-state index is 13.2. The van der Waals surface area contributed by atoms with E-state index in [0.717, 1.165) is 12.1 Å². The number of nitrogens with zero attached hydrogens (tertiary/aromatic N) is 1. The topological polar surface area (TPSA) is 45.8 Å². The van der Waals surface area contributed by atoms with Crippen LogP contribution >= 0.6 is 0 Å². The Balaban J connectivity index is 2.51. The van der Waals surface area contributed by atoms with Crippen LogP contribution in [-0.2, 0) is 0 Å². The molecule has 0 radical (unpaired) electrons. The second-order valence-electron chi connectivity index (χ2n) is 2.91. The van der Waals surface area contributed by atoms with Crippen LogP contribution in [0.4, 0.5) is 8.78 Å². The molecule has 1 aromatic heterocycles. The number of aromatic nitrogens is 2. The number of carbonyl (C=O) groups is 1. The van der Waals surface area contributed by atoms with Crippen molar-refractivity contribution in [2.45, 2.75) is 0 Å². The predicted octanol–water partition coefficient (Wildman–Crippen LogP) is 1.92. The molecule has 0 fully saturated rings. The normalized spacial score (nSPS) is 10.3. The SMILES string of the molecule is O=C(c1cn[nH]c1)c1c(F)cccc1F. The summed E-state index contributed by atoms with van der Waals surface area (Å²) in [7, 11) is 0. The van der Waals surface area contributed by atoms with Crippen LogP contribution in [0.1, 0.15) is 15.9 Å². The van der Waals surface area contributed by atoms with Gasteiger partial charge in [-0.25, -0.2) is 8.78 Å². The Bertz CT molecular complexity index is 474. The molecule has 15 heavy (non-hydrogen) atoms. The van der Waals surface area contributed by atoms with Gasteiger partial charge in [-0.2, -0.15) is 5.10 Å². The summed E-state index contributed by atoms with van der Waals surface area (Å²) in [4.78, 5) is 11.6. The third-order valence-electron chi connectivity index (χ3n) is 1.95. The van der Waals surface area contributed by atoms with Crippen LogP contribution < -0.4 is 0 Å². The minimum atomic E-state index is -0.874. The molecule has 0 aliphatic carbocycles. The molecule has 1 heterocycles. The first kappa shape index (κ1) is 9.51. The Labute approximate surface area is 83.7 Å². The van der Waals surface area contributed by atoms with Crippen LogP contribution in [-0.4, -0.2) is 16.0 Å². The minimum Gasteiger partial charge on any atom is -0.288 e. The first-order valence-corrected chi connectivity index (χ1v) is 4.17. The lowest BCUT2D eigenvalue weighted by molar-refractivity contribution is 0.103. The van der Waals surface area contributed by atoms with Gasteiger partial charge in [0.1, 0.15) is 11.6 Å². The Morgan fingerprint density at radius 3 is 2.47 bits per heavy atom. The first-order chi connectivity index (χ1) is 7.20. The molecule has 0 unspecified atom stereocenters. The lowest BCUT2D eigenvalue weighted by atomic mass is 10.1. The van der Waals surface area contributed by atoms with Gasteiger partial charge < -0.3 is 0 Å². The summed E-state index contributed by atoms with van der Waals surface area (Å²) < 4.78 is 26.4. The average Bonchev–Trinajstić information content (AvgIpc) is 2.69. The monoisotopic (exact) mass is 208 g/mol. The molecule has 0 saturated carbocycles. The zero-order valence-electron chi connectivity index (χ0n) is 7.50. The number of benzene rings is 1. The molecule has 1 N–H and O–H groups in total. The van der Waals surface area contributed by atoms with Gasteiger partial charge >= 0.3 is 0 Å². The van der Waals surface area contributed by atoms with Gasteiger partial charge in [-0.05, 0) is 12.1 Å². The van der Waals surface area contributed by atoms with Gasteiger partial charge in [0.2, 0.25) is 5.78 Å². The number of hydrogen-bond acceptors (Lipinski definition) is 2. The number of aromatic amines is 1. The first-order valence-electron chi connectivity index (χ1n) is 4.17. The standard InChI is InChI=1S/C10H6F2N2O/c11-7-2-1-3-8(12)9(7)10(15)6-4-13-14-5-6/h1-5H,(H,13,14). The van der Waals surface area contributed by atoms with Crippen molar-refractivity contribution in [2.24, 2.45) is 0 Å². The highest BCUT2D eigenvalue weighted by atomic mass is 19.1. The minimum absolute atomic E-state index is 0.124. The summed E-state index contributed by atoms with van der Waals surface area (Å²) in [5.41, 5.74) is -0.432. The quantitative estimate of drug-likeness (QED) is 0.766. The summed E-state index contributed by atoms with van der Waals surface area (Å²) >= 11 is 0. The third kappa shape index (κ3) is 1.63. The molecule has 1 aromatic carbocycles. The number of hydrogen-bond donors (Lipinski definition) is 1. The number of nitrogens with one attached hydrogen (secondary N) is 1. The molecular formula is C10H6F2N2O. The van der Waals surface area contributed by atoms with Crippen molar-refractivity contribution in [1.82, 2.24) is 10.2 Å². The molecule has 0 bridgehead atoms. The van der Waals surface area contributed by atoms with Gasteiger partial charge in [-0.3, -0.25) is 9.89 Å². The summed E-state index contributed by atoms with van der Waals surface area (Å²) in [6, 6.07) is 3.28. The Kier molecular flexibility index (Phi) is 2.29. The molecule has 3 nitrogen and oxygen atoms in total. The fraction of sp³-hybridized carbons (Fsp3) is 0. The van der Waals surface area contributed by atoms with E-state index in [1.165, 1.54) is 18.5 Å². The molecular weight excluding hydrogens is 202 g/mol. The van der Waals surface area contributed by atoms with E-state index in [9.17, 15) is 13.6 Å². The molecule has 0 aliphatic heterocycles. The summed E-state index contributed by atoms with van der Waals surface area (Å²) in [5.74, 6) is -2.47. The average molecular weight is 208 g/mol. The molecule has 0 aliphatic rings. The van der Waals surface area contributed by atoms with Gasteiger partial charge in [-0.1, -0.05) is 6.07 Å². The number of H-pyrrole nitrogens is 1. The van der Waals surface area contributed by atoms with Gasteiger partial charge in [-0.15, -0.1) is 0 Å². The number of rotatable bonds is 2. The smallest absolute Gasteiger partial charge is 0.202 e. The van der Waals surface area contributed by atoms with E-state index >= 15 is 0 Å². The zero-order chi connectivity index (χ0) is 10.8. The van der Waals surface area contributed by atoms with Crippen molar-refractivity contribution in [2.75, 3.05) is 0 Å². The summed E-state index contributed by atoms with van der Waals surface area (Å²) in [5, 5.41) is 5.94. The van der Waals surface area contributed by atoms with Gasteiger partial charge in [0.25, 0.3) is 0 Å². The molecule has 0 atom stereocenters. The van der Waals surface area contributed by atoms with E-state index in [4.69, 9.17) is 0 Å². The molecule has 0 saturated heterocycles. The van der Waals surface area contributed by atoms with E-state index in [1.807, 2.05) is 0 Å². The van der Waals surface area contributed by atoms with Crippen molar-refractivity contribution >= 4 is 5.78 Å². The molecule has 5 heteroatoms. The van der Waals surface area contributed by atoms with Crippen molar-refractivity contribution < 1.29 is 13.6 Å². The van der Waals surface area contributed by atoms with E-state index in [2.05, 4.69) is 10.2 Å². The Morgan fingerprint density at radius 1 is 1.27 bits per heavy atom. The maximum Gasteiger partial charge on any atom is 0.202 e. The lowest BCUT2D eigenvalue weighted by Crippen LogP contribution is -2.06. The van der Waals surface area contributed by atoms with Gasteiger partial charge in [0, 0.05) is 6.20 Å². The van der Waals surface area contributed by atoms with Crippen molar-refractivity contribution in [3.05, 3.63) is 53.4 Å². The van der Waals surface area contributed by atoms with Crippen molar-refractivity contribution in [3.63, 3.8) is 0 Å². The van der Waals surface area contributed by atoms with Crippen LogP contribution in [0.15, 0.2) is 30.6 Å². The molecule has 76 valence electrons. The van der Waals surface area contributed by atoms with Gasteiger partial charge in [0.15, 0.2) is 0 Å². The van der Waals surface area contributed by atoms with Crippen LogP contribution in [0.25, 0.3) is 0 Å². The summed E-state index contributed by atoms with van der Waals surface area (Å²) in [6.07, 6.45) is 2.50. The largest absolute Gasteiger partial charge is 0.288 e. The predicted molar refractivity (Wildman–Crippen MR) is 48.4 cm³/mol. The van der Waals surface area contributed by atoms with Crippen LogP contribution in [0, 0.1) is 11.6 Å². The highest BCUT2D eigenvalue weighted by molar-refractivity contribution is 6.08. The molecule has 2 aromatic rings. The lowest BCUT2D eigenvalue weighted by Gasteiger charge is -2.01. The van der Waals surface area contributed by atoms with E-state index in [0.29, 0.717) is 0 Å². The maximum atomic E-state index is 13.2. The highest BCUT2D eigenvalue weighted by Gasteiger charge is 2.18. The summed E-state index contributed by atoms with van der Waals surface area (Å²) in [6.45, 7) is 0. The Hall–Kier alpha value is -2.04. The third-order valence-corrected chi connectivity index (χ3v) is 1.95. The van der Waals surface area contributed by atoms with Crippen molar-refractivity contribution in [1.29, 1.82) is 0 Å². The van der Waals surface area contributed by atoms with Gasteiger partial charge in [0.05, 0.1) is 17.3 Å². The zero-order valence-corrected chi connectivity index (χ0v) is 7.50. The van der Waals surface area contributed by atoms with Crippen LogP contribution in [0.5, 0.6) is 0 Å². The van der Waals surface area contributed by atoms with E-state index in [1.54, 1.807) is 0 Å². The fourth-order valence-corrected chi connectivity index (χ4v) is 1.23. The van der Waals surface area contributed by atoms with E-state index in [-0.39, 0.29) is 5.56 Å². The fourth-order valence-electron chi connectivity index (χ4n) is 1.23. The van der Waals surface area contributed by atoms with Crippen LogP contribution in [0.3, 0.4) is 0 Å². The number of halogens is 2. The van der Waals surface area contributed by atoms with Crippen molar-refractivity contribution in [3.8, 4) is 0 Å². The number of ketones is 1. The second-order valence-corrected chi connectivity index (χ2v) is 2.91. The molecule has 2 rings (SSSR count). The number of carbonyl (C=O) groups excluding carboxylic acids is 1. The Morgan fingerprint density at radius 2 is 1.93 bits per heavy atom.